The second kappa shape index (κ2) is 10.7. The van der Waals surface area contributed by atoms with Gasteiger partial charge in [-0.2, -0.15) is 0 Å². The van der Waals surface area contributed by atoms with Crippen LogP contribution in [0.5, 0.6) is 0 Å². The van der Waals surface area contributed by atoms with E-state index in [1.807, 2.05) is 71.3 Å². The van der Waals surface area contributed by atoms with Gasteiger partial charge in [0.1, 0.15) is 5.82 Å². The van der Waals surface area contributed by atoms with Crippen LogP contribution >= 0.6 is 39.1 Å². The summed E-state index contributed by atoms with van der Waals surface area (Å²) in [5.74, 6) is 0.746. The zero-order chi connectivity index (χ0) is 25.1. The largest absolute Gasteiger partial charge is 0.367 e. The van der Waals surface area contributed by atoms with E-state index in [2.05, 4.69) is 26.6 Å². The van der Waals surface area contributed by atoms with Crippen LogP contribution in [-0.2, 0) is 13.1 Å². The van der Waals surface area contributed by atoms with E-state index in [4.69, 9.17) is 28.2 Å². The van der Waals surface area contributed by atoms with Crippen molar-refractivity contribution in [2.45, 2.75) is 13.1 Å². The molecule has 36 heavy (non-hydrogen) atoms. The van der Waals surface area contributed by atoms with Crippen LogP contribution in [-0.4, -0.2) is 15.3 Å². The van der Waals surface area contributed by atoms with E-state index in [9.17, 15) is 4.79 Å². The lowest BCUT2D eigenvalue weighted by Crippen LogP contribution is -2.22. The molecule has 3 aromatic carbocycles. The van der Waals surface area contributed by atoms with E-state index in [1.54, 1.807) is 24.3 Å². The number of hydrogen-bond acceptors (Lipinski definition) is 3. The summed E-state index contributed by atoms with van der Waals surface area (Å²) in [5.41, 5.74) is 5.13. The second-order valence-corrected chi connectivity index (χ2v) is 9.92. The van der Waals surface area contributed by atoms with Crippen molar-refractivity contribution in [3.63, 3.8) is 0 Å². The van der Waals surface area contributed by atoms with Gasteiger partial charge in [-0.25, -0.2) is 4.98 Å². The van der Waals surface area contributed by atoms with Gasteiger partial charge in [0, 0.05) is 46.5 Å². The van der Waals surface area contributed by atoms with Crippen LogP contribution in [0.1, 0.15) is 21.5 Å². The molecule has 8 heteroatoms. The van der Waals surface area contributed by atoms with Crippen molar-refractivity contribution in [2.24, 2.45) is 0 Å². The minimum Gasteiger partial charge on any atom is -0.367 e. The van der Waals surface area contributed by atoms with Gasteiger partial charge in [0.25, 0.3) is 5.91 Å². The molecule has 5 rings (SSSR count). The lowest BCUT2D eigenvalue weighted by atomic mass is 10.1. The van der Waals surface area contributed by atoms with E-state index in [0.29, 0.717) is 28.7 Å². The summed E-state index contributed by atoms with van der Waals surface area (Å²) in [6.07, 6.45) is 1.97. The number of fused-ring (bicyclic) bond motifs is 1. The maximum atomic E-state index is 12.4. The van der Waals surface area contributed by atoms with E-state index >= 15 is 0 Å². The van der Waals surface area contributed by atoms with Crippen LogP contribution in [0.4, 0.5) is 5.82 Å². The van der Waals surface area contributed by atoms with Gasteiger partial charge in [-0.15, -0.1) is 0 Å². The molecule has 5 nitrogen and oxygen atoms in total. The Morgan fingerprint density at radius 3 is 2.39 bits per heavy atom. The molecular weight excluding hydrogens is 559 g/mol. The van der Waals surface area contributed by atoms with Gasteiger partial charge in [0.05, 0.1) is 10.2 Å². The maximum Gasteiger partial charge on any atom is 0.251 e. The highest BCUT2D eigenvalue weighted by atomic mass is 79.9. The highest BCUT2D eigenvalue weighted by Gasteiger charge is 2.12. The maximum absolute atomic E-state index is 12.4. The average Bonchev–Trinajstić information content (AvgIpc) is 3.27. The molecule has 2 heterocycles. The van der Waals surface area contributed by atoms with Gasteiger partial charge in [-0.05, 0) is 57.4 Å². The number of halogens is 3. The normalized spacial score (nSPS) is 11.0. The van der Waals surface area contributed by atoms with Gasteiger partial charge in [0.15, 0.2) is 5.65 Å². The van der Waals surface area contributed by atoms with Crippen LogP contribution in [0, 0.1) is 0 Å². The van der Waals surface area contributed by atoms with E-state index in [-0.39, 0.29) is 5.91 Å². The van der Waals surface area contributed by atoms with Gasteiger partial charge in [-0.3, -0.25) is 9.20 Å². The first kappa shape index (κ1) is 24.4. The summed E-state index contributed by atoms with van der Waals surface area (Å²) in [4.78, 5) is 17.2. The molecule has 2 aromatic heterocycles. The Bertz CT molecular complexity index is 1550. The molecule has 0 unspecified atom stereocenters. The molecule has 180 valence electrons. The van der Waals surface area contributed by atoms with Crippen LogP contribution in [0.2, 0.25) is 10.0 Å². The van der Waals surface area contributed by atoms with Crippen molar-refractivity contribution in [1.29, 1.82) is 0 Å². The Morgan fingerprint density at radius 2 is 1.64 bits per heavy atom. The number of anilines is 1. The highest BCUT2D eigenvalue weighted by Crippen LogP contribution is 2.31. The number of benzene rings is 3. The first-order valence-electron chi connectivity index (χ1n) is 11.3. The fraction of sp³-hybridized carbons (Fsp3) is 0.0714. The SMILES string of the molecule is O=C(NCc1ccc(CNc2cc(-c3ccccc3Cl)nc3c(Br)ccn23)cc1)c1cccc(Cl)c1. The summed E-state index contributed by atoms with van der Waals surface area (Å²) >= 11 is 16.0. The first-order valence-corrected chi connectivity index (χ1v) is 12.8. The standard InChI is InChI=1S/C28H21BrCl2N4O/c29-23-12-13-35-26(15-25(34-27(23)35)22-6-1-2-7-24(22)31)32-16-18-8-10-19(11-9-18)17-33-28(36)20-4-3-5-21(30)14-20/h1-15,32H,16-17H2,(H,33,36). The zero-order valence-electron chi connectivity index (χ0n) is 19.0. The minimum atomic E-state index is -0.155. The molecule has 0 saturated carbocycles. The van der Waals surface area contributed by atoms with Crippen molar-refractivity contribution in [3.8, 4) is 11.3 Å². The topological polar surface area (TPSA) is 58.4 Å². The Balaban J connectivity index is 1.28. The third kappa shape index (κ3) is 5.41. The number of hydrogen-bond donors (Lipinski definition) is 2. The fourth-order valence-corrected chi connectivity index (χ4v) is 4.69. The molecule has 0 fully saturated rings. The number of nitrogens with zero attached hydrogens (tertiary/aromatic N) is 2. The Labute approximate surface area is 227 Å². The first-order chi connectivity index (χ1) is 17.5. The van der Waals surface area contributed by atoms with E-state index < -0.39 is 0 Å². The van der Waals surface area contributed by atoms with E-state index in [0.717, 1.165) is 38.3 Å². The summed E-state index contributed by atoms with van der Waals surface area (Å²) < 4.78 is 2.91. The molecule has 2 N–H and O–H groups in total. The molecule has 0 atom stereocenters. The van der Waals surface area contributed by atoms with Crippen molar-refractivity contribution in [1.82, 2.24) is 14.7 Å². The van der Waals surface area contributed by atoms with E-state index in [1.165, 1.54) is 0 Å². The molecular formula is C28H21BrCl2N4O. The van der Waals surface area contributed by atoms with Crippen LogP contribution in [0.3, 0.4) is 0 Å². The lowest BCUT2D eigenvalue weighted by Gasteiger charge is -2.13. The average molecular weight is 580 g/mol. The summed E-state index contributed by atoms with van der Waals surface area (Å²) in [5, 5.41) is 7.64. The number of rotatable bonds is 7. The van der Waals surface area contributed by atoms with Gasteiger partial charge >= 0.3 is 0 Å². The molecule has 0 aliphatic rings. The predicted octanol–water partition coefficient (Wildman–Crippen LogP) is 7.61. The van der Waals surface area contributed by atoms with Gasteiger partial charge in [0.2, 0.25) is 0 Å². The van der Waals surface area contributed by atoms with Crippen molar-refractivity contribution in [2.75, 3.05) is 5.32 Å². The molecule has 0 aliphatic heterocycles. The van der Waals surface area contributed by atoms with Crippen molar-refractivity contribution in [3.05, 3.63) is 122 Å². The molecule has 5 aromatic rings. The fourth-order valence-electron chi connectivity index (χ4n) is 3.87. The Hall–Kier alpha value is -3.32. The van der Waals surface area contributed by atoms with Crippen molar-refractivity contribution >= 4 is 56.5 Å². The Morgan fingerprint density at radius 1 is 0.889 bits per heavy atom. The summed E-state index contributed by atoms with van der Waals surface area (Å²) in [6, 6.07) is 26.7. The van der Waals surface area contributed by atoms with Crippen molar-refractivity contribution < 1.29 is 4.79 Å². The zero-order valence-corrected chi connectivity index (χ0v) is 22.1. The third-order valence-electron chi connectivity index (χ3n) is 5.76. The number of amides is 1. The minimum absolute atomic E-state index is 0.155. The predicted molar refractivity (Wildman–Crippen MR) is 150 cm³/mol. The highest BCUT2D eigenvalue weighted by molar-refractivity contribution is 9.10. The smallest absolute Gasteiger partial charge is 0.251 e. The quantitative estimate of drug-likeness (QED) is 0.208. The number of carbonyl (C=O) groups is 1. The molecule has 0 aliphatic carbocycles. The molecule has 0 radical (unpaired) electrons. The third-order valence-corrected chi connectivity index (χ3v) is 6.94. The Kier molecular flexibility index (Phi) is 7.28. The van der Waals surface area contributed by atoms with Gasteiger partial charge in [-0.1, -0.05) is 71.7 Å². The molecule has 1 amide bonds. The van der Waals surface area contributed by atoms with Gasteiger partial charge < -0.3 is 10.6 Å². The number of aromatic nitrogens is 2. The number of carbonyl (C=O) groups excluding carboxylic acids is 1. The lowest BCUT2D eigenvalue weighted by molar-refractivity contribution is 0.0951. The number of nitrogens with one attached hydrogen (secondary N) is 2. The second-order valence-electron chi connectivity index (χ2n) is 8.23. The summed E-state index contributed by atoms with van der Waals surface area (Å²) in [7, 11) is 0. The summed E-state index contributed by atoms with van der Waals surface area (Å²) in [6.45, 7) is 1.05. The van der Waals surface area contributed by atoms with Crippen LogP contribution < -0.4 is 10.6 Å². The van der Waals surface area contributed by atoms with Crippen LogP contribution in [0.15, 0.2) is 95.6 Å². The molecule has 0 bridgehead atoms. The van der Waals surface area contributed by atoms with Crippen LogP contribution in [0.25, 0.3) is 16.9 Å². The monoisotopic (exact) mass is 578 g/mol. The molecule has 0 saturated heterocycles. The molecule has 0 spiro atoms.